The van der Waals surface area contributed by atoms with Crippen molar-refractivity contribution in [2.45, 2.75) is 110 Å². The second-order valence-corrected chi connectivity index (χ2v) is 21.9. The number of nitrogens with zero attached hydrogens (tertiary/aromatic N) is 5. The summed E-state index contributed by atoms with van der Waals surface area (Å²) in [6.45, 7) is 9.82. The van der Waals surface area contributed by atoms with Crippen LogP contribution in [0.1, 0.15) is 98.1 Å². The number of piperidine rings is 1. The Morgan fingerprint density at radius 2 is 1.48 bits per heavy atom. The number of aliphatic hydroxyl groups is 1. The van der Waals surface area contributed by atoms with Gasteiger partial charge in [0, 0.05) is 57.5 Å². The number of carbonyl (C=O) groups excluding carboxylic acids is 5. The molecule has 0 radical (unpaired) electrons. The van der Waals surface area contributed by atoms with Crippen LogP contribution in [0.3, 0.4) is 0 Å². The molecule has 2 saturated heterocycles. The average molecular weight is 1030 g/mol. The van der Waals surface area contributed by atoms with Crippen molar-refractivity contribution in [1.82, 2.24) is 35.2 Å². The standard InChI is InChI=1S/C58H67N9O7S/c1-36-52(75-35-62-36)42-18-14-39(15-19-42)33-61-56(72)47-32-43(68)34-66(47)57(73)53(58(2,3)4)63-48(69)24-16-37-10-12-38(13-11-37)17-25-49(70)65-30-27-40(28-31-65)46-26-29-60-55-50(54(59)71)51(64-67(46)55)41-20-22-45(23-21-41)74-44-8-6-5-7-9-44/h5-15,18-23,35,40,43,46-47,53,60,68H,16-17,24-34H2,1-4H3,(H2,59,71)(H,61,72)(H,63,69)/t43-,46?,47+,53-/m1/s1. The number of ether oxygens (including phenoxy) is 1. The number of fused-ring (bicyclic) bond motifs is 1. The van der Waals surface area contributed by atoms with Crippen molar-refractivity contribution in [3.05, 3.63) is 137 Å². The number of nitrogens with one attached hydrogen (secondary N) is 3. The summed E-state index contributed by atoms with van der Waals surface area (Å²) in [6.07, 6.45) is 3.28. The lowest BCUT2D eigenvalue weighted by atomic mass is 9.85. The van der Waals surface area contributed by atoms with Gasteiger partial charge < -0.3 is 41.3 Å². The molecule has 5 amide bonds. The number of hydrogen-bond donors (Lipinski definition) is 5. The summed E-state index contributed by atoms with van der Waals surface area (Å²) in [5.74, 6) is 0.819. The first-order valence-electron chi connectivity index (χ1n) is 26.0. The number of anilines is 1. The Balaban J connectivity index is 0.728. The lowest BCUT2D eigenvalue weighted by molar-refractivity contribution is -0.144. The number of aryl methyl sites for hydroxylation is 3. The molecule has 6 N–H and O–H groups in total. The smallest absolute Gasteiger partial charge is 0.254 e. The molecule has 75 heavy (non-hydrogen) atoms. The summed E-state index contributed by atoms with van der Waals surface area (Å²) >= 11 is 1.58. The van der Waals surface area contributed by atoms with Gasteiger partial charge in [0.2, 0.25) is 23.6 Å². The topological polar surface area (TPSA) is 214 Å². The summed E-state index contributed by atoms with van der Waals surface area (Å²) in [4.78, 5) is 76.4. The van der Waals surface area contributed by atoms with E-state index >= 15 is 0 Å². The van der Waals surface area contributed by atoms with Gasteiger partial charge in [0.05, 0.1) is 28.2 Å². The van der Waals surface area contributed by atoms with Crippen LogP contribution < -0.4 is 26.4 Å². The number of benzene rings is 4. The number of nitrogens with two attached hydrogens (primary N) is 1. The molecule has 0 saturated carbocycles. The molecule has 3 aliphatic heterocycles. The highest BCUT2D eigenvalue weighted by Crippen LogP contribution is 2.40. The Labute approximate surface area is 442 Å². The second kappa shape index (κ2) is 23.0. The summed E-state index contributed by atoms with van der Waals surface area (Å²) in [7, 11) is 0. The number of hydrogen-bond acceptors (Lipinski definition) is 11. The van der Waals surface area contributed by atoms with Gasteiger partial charge in [-0.3, -0.25) is 24.0 Å². The zero-order valence-corrected chi connectivity index (χ0v) is 43.9. The average Bonchev–Trinajstić information content (AvgIpc) is 4.15. The fraction of sp³-hybridized carbons (Fsp3) is 0.397. The molecule has 9 rings (SSSR count). The van der Waals surface area contributed by atoms with Crippen LogP contribution >= 0.6 is 11.3 Å². The number of para-hydroxylation sites is 1. The number of carbonyl (C=O) groups is 5. The molecule has 4 atom stereocenters. The van der Waals surface area contributed by atoms with E-state index in [1.54, 1.807) is 11.3 Å². The van der Waals surface area contributed by atoms with Crippen molar-refractivity contribution in [1.29, 1.82) is 0 Å². The number of likely N-dealkylation sites (tertiary alicyclic amines) is 2. The van der Waals surface area contributed by atoms with Crippen molar-refractivity contribution >= 4 is 46.7 Å². The number of primary amides is 1. The molecule has 16 nitrogen and oxygen atoms in total. The number of amides is 5. The molecule has 0 bridgehead atoms. The van der Waals surface area contributed by atoms with Crippen molar-refractivity contribution in [2.24, 2.45) is 17.1 Å². The number of aromatic nitrogens is 3. The summed E-state index contributed by atoms with van der Waals surface area (Å²) in [6, 6.07) is 31.1. The van der Waals surface area contributed by atoms with Gasteiger partial charge in [0.25, 0.3) is 5.91 Å². The molecule has 0 aliphatic carbocycles. The van der Waals surface area contributed by atoms with Gasteiger partial charge in [-0.05, 0) is 109 Å². The van der Waals surface area contributed by atoms with Crippen LogP contribution in [0.5, 0.6) is 11.5 Å². The zero-order valence-electron chi connectivity index (χ0n) is 43.1. The van der Waals surface area contributed by atoms with Gasteiger partial charge in [0.1, 0.15) is 40.7 Å². The molecule has 5 heterocycles. The zero-order chi connectivity index (χ0) is 52.8. The molecule has 17 heteroatoms. The molecule has 2 fully saturated rings. The van der Waals surface area contributed by atoms with Crippen molar-refractivity contribution < 1.29 is 33.8 Å². The molecule has 0 spiro atoms. The summed E-state index contributed by atoms with van der Waals surface area (Å²) in [5.41, 5.74) is 13.7. The number of rotatable bonds is 17. The van der Waals surface area contributed by atoms with E-state index in [9.17, 15) is 29.1 Å². The molecule has 1 unspecified atom stereocenters. The Kier molecular flexibility index (Phi) is 16.1. The Morgan fingerprint density at radius 3 is 2.12 bits per heavy atom. The fourth-order valence-corrected chi connectivity index (χ4v) is 11.4. The van der Waals surface area contributed by atoms with E-state index in [1.807, 2.05) is 146 Å². The monoisotopic (exact) mass is 1030 g/mol. The highest BCUT2D eigenvalue weighted by molar-refractivity contribution is 7.13. The highest BCUT2D eigenvalue weighted by Gasteiger charge is 2.44. The lowest BCUT2D eigenvalue weighted by Gasteiger charge is -2.38. The third kappa shape index (κ3) is 12.4. The fourth-order valence-electron chi connectivity index (χ4n) is 10.6. The molecule has 3 aliphatic rings. The van der Waals surface area contributed by atoms with Gasteiger partial charge in [-0.15, -0.1) is 11.3 Å². The summed E-state index contributed by atoms with van der Waals surface area (Å²) < 4.78 is 7.92. The van der Waals surface area contributed by atoms with Crippen LogP contribution in [-0.2, 0) is 38.6 Å². The van der Waals surface area contributed by atoms with Crippen LogP contribution in [0.25, 0.3) is 21.7 Å². The largest absolute Gasteiger partial charge is 0.457 e. The maximum atomic E-state index is 14.2. The minimum Gasteiger partial charge on any atom is -0.457 e. The maximum Gasteiger partial charge on any atom is 0.254 e. The van der Waals surface area contributed by atoms with Crippen LogP contribution in [0, 0.1) is 18.3 Å². The highest BCUT2D eigenvalue weighted by atomic mass is 32.1. The van der Waals surface area contributed by atoms with Gasteiger partial charge in [-0.1, -0.05) is 87.5 Å². The lowest BCUT2D eigenvalue weighted by Crippen LogP contribution is -2.57. The molecule has 392 valence electrons. The Hall–Kier alpha value is -7.37. The summed E-state index contributed by atoms with van der Waals surface area (Å²) in [5, 5.41) is 25.0. The number of thiazole rings is 1. The van der Waals surface area contributed by atoms with Gasteiger partial charge >= 0.3 is 0 Å². The van der Waals surface area contributed by atoms with E-state index < -0.39 is 35.4 Å². The first kappa shape index (κ1) is 52.5. The van der Waals surface area contributed by atoms with E-state index in [1.165, 1.54) is 4.90 Å². The van der Waals surface area contributed by atoms with Crippen molar-refractivity contribution in [3.8, 4) is 33.2 Å². The first-order valence-corrected chi connectivity index (χ1v) is 26.9. The van der Waals surface area contributed by atoms with Crippen molar-refractivity contribution in [2.75, 3.05) is 31.5 Å². The molecule has 2 aromatic heterocycles. The molecule has 6 aromatic rings. The Bertz CT molecular complexity index is 2980. The van der Waals surface area contributed by atoms with Gasteiger partial charge in [-0.25, -0.2) is 9.67 Å². The third-order valence-corrected chi connectivity index (χ3v) is 15.7. The minimum absolute atomic E-state index is 0.00226. The van der Waals surface area contributed by atoms with Gasteiger partial charge in [-0.2, -0.15) is 5.10 Å². The van der Waals surface area contributed by atoms with Crippen LogP contribution in [0.2, 0.25) is 0 Å². The van der Waals surface area contributed by atoms with E-state index in [0.717, 1.165) is 63.4 Å². The van der Waals surface area contributed by atoms with Crippen molar-refractivity contribution in [3.63, 3.8) is 0 Å². The first-order chi connectivity index (χ1) is 36.1. The minimum atomic E-state index is -0.922. The van der Waals surface area contributed by atoms with E-state index in [-0.39, 0.29) is 55.6 Å². The second-order valence-electron chi connectivity index (χ2n) is 21.1. The quantitative estimate of drug-likeness (QED) is 0.0597. The van der Waals surface area contributed by atoms with Gasteiger partial charge in [0.15, 0.2) is 0 Å². The predicted octanol–water partition coefficient (Wildman–Crippen LogP) is 7.84. The maximum absolute atomic E-state index is 14.2. The van der Waals surface area contributed by atoms with E-state index in [2.05, 4.69) is 20.9 Å². The van der Waals surface area contributed by atoms with Crippen LogP contribution in [-0.4, -0.2) is 104 Å². The Morgan fingerprint density at radius 1 is 0.840 bits per heavy atom. The molecular formula is C58H67N9O7S. The molecular weight excluding hydrogens is 967 g/mol. The van der Waals surface area contributed by atoms with Crippen LogP contribution in [0.15, 0.2) is 109 Å². The van der Waals surface area contributed by atoms with E-state index in [0.29, 0.717) is 61.7 Å². The third-order valence-electron chi connectivity index (χ3n) is 14.7. The normalized spacial score (nSPS) is 18.2. The molecule has 4 aromatic carbocycles. The predicted molar refractivity (Wildman–Crippen MR) is 289 cm³/mol. The van der Waals surface area contributed by atoms with Crippen LogP contribution in [0.4, 0.5) is 5.82 Å². The van der Waals surface area contributed by atoms with E-state index in [4.69, 9.17) is 15.6 Å². The SMILES string of the molecule is Cc1ncsc1-c1ccc(CNC(=O)[C@@H]2C[C@@H](O)CN2C(=O)[C@@H](NC(=O)CCc2ccc(CCC(=O)N3CCC(C4CCNc5c(C(N)=O)c(-c6ccc(Oc7ccccc7)cc6)nn54)CC3)cc2)C(C)(C)C)cc1. The number of aliphatic hydroxyl groups excluding tert-OH is 1. The number of β-amino-alcohol motifs (C(OH)–C–C–N with tert-alkyl or cyclic N) is 1.